The fourth-order valence-corrected chi connectivity index (χ4v) is 2.44. The highest BCUT2D eigenvalue weighted by molar-refractivity contribution is 6.42. The van der Waals surface area contributed by atoms with E-state index in [0.717, 1.165) is 0 Å². The number of hydrogen-bond donors (Lipinski definition) is 1. The van der Waals surface area contributed by atoms with Gasteiger partial charge in [0.2, 0.25) is 6.79 Å². The molecule has 3 rings (SSSR count). The van der Waals surface area contributed by atoms with Crippen LogP contribution in [0.25, 0.3) is 6.08 Å². The van der Waals surface area contributed by atoms with Crippen LogP contribution in [0, 0.1) is 0 Å². The Kier molecular flexibility index (Phi) is 5.65. The van der Waals surface area contributed by atoms with Gasteiger partial charge in [0, 0.05) is 17.8 Å². The quantitative estimate of drug-likeness (QED) is 0.615. The van der Waals surface area contributed by atoms with E-state index in [0.29, 0.717) is 32.8 Å². The van der Waals surface area contributed by atoms with Crippen molar-refractivity contribution in [1.82, 2.24) is 0 Å². The second-order valence-electron chi connectivity index (χ2n) is 5.23. The number of rotatable bonds is 5. The molecule has 1 amide bonds. The van der Waals surface area contributed by atoms with Crippen LogP contribution in [-0.2, 0) is 14.3 Å². The number of esters is 1. The summed E-state index contributed by atoms with van der Waals surface area (Å²) < 4.78 is 15.3. The molecule has 0 unspecified atom stereocenters. The summed E-state index contributed by atoms with van der Waals surface area (Å²) in [5, 5.41) is 3.41. The Bertz CT molecular complexity index is 882. The van der Waals surface area contributed by atoms with Crippen molar-refractivity contribution in [2.75, 3.05) is 18.7 Å². The predicted octanol–water partition coefficient (Wildman–Crippen LogP) is 3.92. The van der Waals surface area contributed by atoms with Crippen LogP contribution in [0.4, 0.5) is 5.69 Å². The molecule has 0 saturated carbocycles. The lowest BCUT2D eigenvalue weighted by Gasteiger charge is -2.06. The fourth-order valence-electron chi connectivity index (χ4n) is 2.14. The van der Waals surface area contributed by atoms with Crippen LogP contribution in [0.1, 0.15) is 5.56 Å². The van der Waals surface area contributed by atoms with Crippen molar-refractivity contribution in [3.05, 3.63) is 58.1 Å². The SMILES string of the molecule is O=C(COC(=O)/C=C/c1ccc(Cl)c(Cl)c1)Nc1ccc2c(c1)OCO2. The molecular formula is C18H13Cl2NO5. The molecule has 0 atom stereocenters. The normalized spacial score (nSPS) is 12.2. The summed E-state index contributed by atoms with van der Waals surface area (Å²) in [7, 11) is 0. The maximum atomic E-state index is 11.9. The van der Waals surface area contributed by atoms with E-state index in [2.05, 4.69) is 5.32 Å². The molecular weight excluding hydrogens is 381 g/mol. The number of benzene rings is 2. The van der Waals surface area contributed by atoms with Gasteiger partial charge in [-0.3, -0.25) is 4.79 Å². The van der Waals surface area contributed by atoms with Crippen molar-refractivity contribution in [1.29, 1.82) is 0 Å². The van der Waals surface area contributed by atoms with Crippen LogP contribution in [0.2, 0.25) is 10.0 Å². The molecule has 1 heterocycles. The first kappa shape index (κ1) is 18.1. The number of hydrogen-bond acceptors (Lipinski definition) is 5. The molecule has 0 fully saturated rings. The van der Waals surface area contributed by atoms with Gasteiger partial charge in [0.25, 0.3) is 5.91 Å². The highest BCUT2D eigenvalue weighted by atomic mass is 35.5. The number of halogens is 2. The van der Waals surface area contributed by atoms with Gasteiger partial charge in [-0.1, -0.05) is 29.3 Å². The standard InChI is InChI=1S/C18H13Cl2NO5/c19-13-4-1-11(7-14(13)20)2-6-18(23)24-9-17(22)21-12-3-5-15-16(8-12)26-10-25-15/h1-8H,9-10H2,(H,21,22)/b6-2+. The molecule has 0 radical (unpaired) electrons. The highest BCUT2D eigenvalue weighted by Crippen LogP contribution is 2.34. The van der Waals surface area contributed by atoms with E-state index < -0.39 is 18.5 Å². The van der Waals surface area contributed by atoms with Gasteiger partial charge < -0.3 is 19.5 Å². The zero-order valence-corrected chi connectivity index (χ0v) is 14.8. The molecule has 0 aromatic heterocycles. The van der Waals surface area contributed by atoms with Crippen molar-refractivity contribution in [2.45, 2.75) is 0 Å². The molecule has 0 spiro atoms. The van der Waals surface area contributed by atoms with E-state index >= 15 is 0 Å². The minimum absolute atomic E-state index is 0.148. The van der Waals surface area contributed by atoms with E-state index in [4.69, 9.17) is 37.4 Å². The van der Waals surface area contributed by atoms with Gasteiger partial charge in [-0.15, -0.1) is 0 Å². The molecule has 2 aromatic rings. The molecule has 134 valence electrons. The van der Waals surface area contributed by atoms with Crippen molar-refractivity contribution >= 4 is 46.8 Å². The molecule has 2 aromatic carbocycles. The third-order valence-electron chi connectivity index (χ3n) is 3.36. The van der Waals surface area contributed by atoms with E-state index in [-0.39, 0.29) is 6.79 Å². The van der Waals surface area contributed by atoms with Crippen molar-refractivity contribution < 1.29 is 23.8 Å². The summed E-state index contributed by atoms with van der Waals surface area (Å²) in [4.78, 5) is 23.6. The van der Waals surface area contributed by atoms with E-state index in [9.17, 15) is 9.59 Å². The zero-order valence-electron chi connectivity index (χ0n) is 13.3. The maximum absolute atomic E-state index is 11.9. The van der Waals surface area contributed by atoms with Gasteiger partial charge in [-0.05, 0) is 35.9 Å². The second-order valence-corrected chi connectivity index (χ2v) is 6.05. The number of carbonyl (C=O) groups excluding carboxylic acids is 2. The Balaban J connectivity index is 1.48. The third-order valence-corrected chi connectivity index (χ3v) is 4.10. The molecule has 8 heteroatoms. The Morgan fingerprint density at radius 3 is 2.69 bits per heavy atom. The first-order valence-corrected chi connectivity index (χ1v) is 8.26. The average molecular weight is 394 g/mol. The minimum Gasteiger partial charge on any atom is -0.454 e. The largest absolute Gasteiger partial charge is 0.454 e. The summed E-state index contributed by atoms with van der Waals surface area (Å²) in [6.07, 6.45) is 2.72. The number of fused-ring (bicyclic) bond motifs is 1. The smallest absolute Gasteiger partial charge is 0.331 e. The fraction of sp³-hybridized carbons (Fsp3) is 0.111. The van der Waals surface area contributed by atoms with Gasteiger partial charge in [0.15, 0.2) is 18.1 Å². The van der Waals surface area contributed by atoms with Crippen molar-refractivity contribution in [3.63, 3.8) is 0 Å². The van der Waals surface area contributed by atoms with Gasteiger partial charge in [0.1, 0.15) is 0 Å². The minimum atomic E-state index is -0.656. The Hall–Kier alpha value is -2.70. The Labute approximate surface area is 159 Å². The van der Waals surface area contributed by atoms with Gasteiger partial charge in [0.05, 0.1) is 10.0 Å². The monoisotopic (exact) mass is 393 g/mol. The lowest BCUT2D eigenvalue weighted by molar-refractivity contribution is -0.142. The molecule has 1 aliphatic heterocycles. The second kappa shape index (κ2) is 8.12. The first-order chi connectivity index (χ1) is 12.5. The zero-order chi connectivity index (χ0) is 18.5. The summed E-state index contributed by atoms with van der Waals surface area (Å²) in [5.41, 5.74) is 1.20. The third kappa shape index (κ3) is 4.68. The van der Waals surface area contributed by atoms with Gasteiger partial charge in [-0.2, -0.15) is 0 Å². The van der Waals surface area contributed by atoms with Crippen LogP contribution in [0.5, 0.6) is 11.5 Å². The number of ether oxygens (including phenoxy) is 3. The summed E-state index contributed by atoms with van der Waals surface area (Å²) in [6.45, 7) is -0.269. The molecule has 0 bridgehead atoms. The lowest BCUT2D eigenvalue weighted by Crippen LogP contribution is -2.20. The summed E-state index contributed by atoms with van der Waals surface area (Å²) in [6, 6.07) is 9.91. The highest BCUT2D eigenvalue weighted by Gasteiger charge is 2.14. The topological polar surface area (TPSA) is 73.9 Å². The molecule has 0 saturated heterocycles. The van der Waals surface area contributed by atoms with E-state index in [1.54, 1.807) is 36.4 Å². The number of anilines is 1. The first-order valence-electron chi connectivity index (χ1n) is 7.50. The van der Waals surface area contributed by atoms with Crippen LogP contribution >= 0.6 is 23.2 Å². The van der Waals surface area contributed by atoms with E-state index in [1.165, 1.54) is 12.2 Å². The molecule has 1 aliphatic rings. The van der Waals surface area contributed by atoms with Crippen LogP contribution < -0.4 is 14.8 Å². The van der Waals surface area contributed by atoms with Crippen LogP contribution in [-0.4, -0.2) is 25.3 Å². The van der Waals surface area contributed by atoms with Crippen LogP contribution in [0.3, 0.4) is 0 Å². The average Bonchev–Trinajstić information content (AvgIpc) is 3.08. The molecule has 6 nitrogen and oxygen atoms in total. The van der Waals surface area contributed by atoms with Gasteiger partial charge >= 0.3 is 5.97 Å². The van der Waals surface area contributed by atoms with Crippen LogP contribution in [0.15, 0.2) is 42.5 Å². The summed E-state index contributed by atoms with van der Waals surface area (Å²) in [5.74, 6) is 0.0308. The van der Waals surface area contributed by atoms with E-state index in [1.807, 2.05) is 0 Å². The Morgan fingerprint density at radius 2 is 1.88 bits per heavy atom. The number of carbonyl (C=O) groups is 2. The molecule has 1 N–H and O–H groups in total. The maximum Gasteiger partial charge on any atom is 0.331 e. The lowest BCUT2D eigenvalue weighted by atomic mass is 10.2. The van der Waals surface area contributed by atoms with Crippen molar-refractivity contribution in [3.8, 4) is 11.5 Å². The van der Waals surface area contributed by atoms with Crippen molar-refractivity contribution in [2.24, 2.45) is 0 Å². The predicted molar refractivity (Wildman–Crippen MR) is 97.6 cm³/mol. The molecule has 26 heavy (non-hydrogen) atoms. The number of nitrogens with one attached hydrogen (secondary N) is 1. The van der Waals surface area contributed by atoms with Gasteiger partial charge in [-0.25, -0.2) is 4.79 Å². The number of amides is 1. The summed E-state index contributed by atoms with van der Waals surface area (Å²) >= 11 is 11.7. The molecule has 0 aliphatic carbocycles. The Morgan fingerprint density at radius 1 is 1.08 bits per heavy atom.